The Morgan fingerprint density at radius 1 is 1.47 bits per heavy atom. The topological polar surface area (TPSA) is 60.2 Å². The first-order valence-corrected chi connectivity index (χ1v) is 7.84. The lowest BCUT2D eigenvalue weighted by Crippen LogP contribution is -2.37. The van der Waals surface area contributed by atoms with E-state index in [1.165, 1.54) is 0 Å². The molecule has 0 fully saturated rings. The first-order valence-electron chi connectivity index (χ1n) is 6.96. The third-order valence-corrected chi connectivity index (χ3v) is 3.89. The monoisotopic (exact) mass is 285 g/mol. The highest BCUT2D eigenvalue weighted by Gasteiger charge is 2.18. The highest BCUT2D eigenvalue weighted by molar-refractivity contribution is 7.09. The number of hydrogen-bond acceptors (Lipinski definition) is 5. The van der Waals surface area contributed by atoms with Gasteiger partial charge in [-0.1, -0.05) is 20.8 Å². The molecule has 1 rings (SSSR count). The predicted molar refractivity (Wildman–Crippen MR) is 81.4 cm³/mol. The zero-order valence-electron chi connectivity index (χ0n) is 12.5. The molecule has 0 aliphatic rings. The van der Waals surface area contributed by atoms with Crippen LogP contribution in [0, 0.1) is 0 Å². The van der Waals surface area contributed by atoms with Gasteiger partial charge in [0.1, 0.15) is 0 Å². The van der Waals surface area contributed by atoms with Crippen molar-refractivity contribution in [3.63, 3.8) is 0 Å². The molecule has 4 nitrogen and oxygen atoms in total. The van der Waals surface area contributed by atoms with Gasteiger partial charge in [-0.15, -0.1) is 11.3 Å². The zero-order valence-corrected chi connectivity index (χ0v) is 13.3. The fraction of sp³-hybridized carbons (Fsp3) is 0.786. The van der Waals surface area contributed by atoms with Gasteiger partial charge in [0.15, 0.2) is 0 Å². The predicted octanol–water partition coefficient (Wildman–Crippen LogP) is 2.63. The standard InChI is InChI=1S/C14H27N3OS/c1-5-18-8-6-7-11(17-15)9-13-16-12(10-19-13)14(2,3)4/h10-11,17H,5-9,15H2,1-4H3. The van der Waals surface area contributed by atoms with Crippen LogP contribution in [0.3, 0.4) is 0 Å². The summed E-state index contributed by atoms with van der Waals surface area (Å²) in [5, 5.41) is 3.31. The Labute approximate surface area is 120 Å². The second-order valence-electron chi connectivity index (χ2n) is 5.78. The van der Waals surface area contributed by atoms with Crippen molar-refractivity contribution in [2.45, 2.75) is 58.4 Å². The molecule has 1 atom stereocenters. The summed E-state index contributed by atoms with van der Waals surface area (Å²) in [7, 11) is 0. The van der Waals surface area contributed by atoms with Crippen molar-refractivity contribution >= 4 is 11.3 Å². The van der Waals surface area contributed by atoms with Gasteiger partial charge < -0.3 is 4.74 Å². The van der Waals surface area contributed by atoms with Gasteiger partial charge in [0, 0.05) is 36.5 Å². The van der Waals surface area contributed by atoms with Crippen LogP contribution in [0.5, 0.6) is 0 Å². The summed E-state index contributed by atoms with van der Waals surface area (Å²) in [5.41, 5.74) is 4.17. The van der Waals surface area contributed by atoms with Gasteiger partial charge in [0.2, 0.25) is 0 Å². The van der Waals surface area contributed by atoms with Gasteiger partial charge >= 0.3 is 0 Å². The van der Waals surface area contributed by atoms with Crippen molar-refractivity contribution in [3.8, 4) is 0 Å². The molecular weight excluding hydrogens is 258 g/mol. The summed E-state index contributed by atoms with van der Waals surface area (Å²) in [5.74, 6) is 5.61. The minimum Gasteiger partial charge on any atom is -0.382 e. The van der Waals surface area contributed by atoms with Crippen molar-refractivity contribution in [2.75, 3.05) is 13.2 Å². The third-order valence-electron chi connectivity index (χ3n) is 3.02. The molecule has 0 radical (unpaired) electrons. The lowest BCUT2D eigenvalue weighted by molar-refractivity contribution is 0.140. The van der Waals surface area contributed by atoms with Crippen LogP contribution >= 0.6 is 11.3 Å². The van der Waals surface area contributed by atoms with Crippen molar-refractivity contribution in [2.24, 2.45) is 5.84 Å². The van der Waals surface area contributed by atoms with Crippen molar-refractivity contribution in [1.29, 1.82) is 0 Å². The summed E-state index contributed by atoms with van der Waals surface area (Å²) < 4.78 is 5.35. The van der Waals surface area contributed by atoms with Gasteiger partial charge in [-0.05, 0) is 19.8 Å². The van der Waals surface area contributed by atoms with Gasteiger partial charge in [-0.25, -0.2) is 4.98 Å². The van der Waals surface area contributed by atoms with Crippen LogP contribution < -0.4 is 11.3 Å². The van der Waals surface area contributed by atoms with Gasteiger partial charge in [0.05, 0.1) is 10.7 Å². The second-order valence-corrected chi connectivity index (χ2v) is 6.73. The molecule has 5 heteroatoms. The SMILES string of the molecule is CCOCCCC(Cc1nc(C(C)(C)C)cs1)NN. The lowest BCUT2D eigenvalue weighted by Gasteiger charge is -2.15. The minimum atomic E-state index is 0.120. The first kappa shape index (κ1) is 16.6. The van der Waals surface area contributed by atoms with E-state index in [-0.39, 0.29) is 11.5 Å². The smallest absolute Gasteiger partial charge is 0.0944 e. The van der Waals surface area contributed by atoms with Gasteiger partial charge in [-0.2, -0.15) is 0 Å². The maximum absolute atomic E-state index is 5.61. The van der Waals surface area contributed by atoms with Crippen LogP contribution in [0.2, 0.25) is 0 Å². The van der Waals surface area contributed by atoms with E-state index >= 15 is 0 Å². The Bertz CT molecular complexity index is 360. The van der Waals surface area contributed by atoms with Crippen LogP contribution in [0.1, 0.15) is 51.2 Å². The fourth-order valence-electron chi connectivity index (χ4n) is 1.78. The lowest BCUT2D eigenvalue weighted by atomic mass is 9.93. The van der Waals surface area contributed by atoms with Crippen LogP contribution in [-0.2, 0) is 16.6 Å². The van der Waals surface area contributed by atoms with E-state index in [0.29, 0.717) is 0 Å². The molecule has 0 bridgehead atoms. The Morgan fingerprint density at radius 2 is 2.21 bits per heavy atom. The molecule has 19 heavy (non-hydrogen) atoms. The van der Waals surface area contributed by atoms with Crippen LogP contribution in [0.4, 0.5) is 0 Å². The Hall–Kier alpha value is -0.490. The summed E-state index contributed by atoms with van der Waals surface area (Å²) in [6.45, 7) is 10.2. The largest absolute Gasteiger partial charge is 0.382 e. The second kappa shape index (κ2) is 7.94. The molecule has 1 aromatic heterocycles. The molecule has 1 heterocycles. The maximum Gasteiger partial charge on any atom is 0.0944 e. The van der Waals surface area contributed by atoms with Gasteiger partial charge in [0.25, 0.3) is 0 Å². The molecule has 0 amide bonds. The summed E-state index contributed by atoms with van der Waals surface area (Å²) >= 11 is 1.73. The number of aromatic nitrogens is 1. The number of ether oxygens (including phenoxy) is 1. The average molecular weight is 285 g/mol. The Morgan fingerprint density at radius 3 is 2.74 bits per heavy atom. The highest BCUT2D eigenvalue weighted by Crippen LogP contribution is 2.24. The maximum atomic E-state index is 5.61. The molecule has 0 saturated carbocycles. The molecule has 3 N–H and O–H groups in total. The summed E-state index contributed by atoms with van der Waals surface area (Å²) in [6.07, 6.45) is 2.94. The van der Waals surface area contributed by atoms with Crippen molar-refractivity contribution < 1.29 is 4.74 Å². The number of hydrogen-bond donors (Lipinski definition) is 2. The first-order chi connectivity index (χ1) is 8.97. The number of nitrogens with two attached hydrogens (primary N) is 1. The van der Waals surface area contributed by atoms with E-state index in [4.69, 9.17) is 15.6 Å². The summed E-state index contributed by atoms with van der Waals surface area (Å²) in [6, 6.07) is 0.277. The summed E-state index contributed by atoms with van der Waals surface area (Å²) in [4.78, 5) is 4.71. The molecule has 0 spiro atoms. The molecule has 0 aliphatic carbocycles. The van der Waals surface area contributed by atoms with E-state index in [0.717, 1.165) is 43.2 Å². The number of hydrazine groups is 1. The normalized spacial score (nSPS) is 13.7. The van der Waals surface area contributed by atoms with Gasteiger partial charge in [-0.3, -0.25) is 11.3 Å². The number of nitrogens with one attached hydrogen (secondary N) is 1. The minimum absolute atomic E-state index is 0.120. The van der Waals surface area contributed by atoms with E-state index < -0.39 is 0 Å². The van der Waals surface area contributed by atoms with Crippen LogP contribution in [0.15, 0.2) is 5.38 Å². The number of nitrogens with zero attached hydrogens (tertiary/aromatic N) is 1. The van der Waals surface area contributed by atoms with E-state index in [2.05, 4.69) is 31.6 Å². The van der Waals surface area contributed by atoms with E-state index in [1.807, 2.05) is 6.92 Å². The van der Waals surface area contributed by atoms with Crippen molar-refractivity contribution in [1.82, 2.24) is 10.4 Å². The van der Waals surface area contributed by atoms with Crippen molar-refractivity contribution in [3.05, 3.63) is 16.1 Å². The molecule has 1 aromatic rings. The highest BCUT2D eigenvalue weighted by atomic mass is 32.1. The van der Waals surface area contributed by atoms with Crippen LogP contribution in [-0.4, -0.2) is 24.2 Å². The molecule has 110 valence electrons. The quantitative estimate of drug-likeness (QED) is 0.438. The number of rotatable bonds is 8. The molecule has 0 saturated heterocycles. The van der Waals surface area contributed by atoms with E-state index in [1.54, 1.807) is 11.3 Å². The third kappa shape index (κ3) is 5.99. The average Bonchev–Trinajstić information content (AvgIpc) is 2.81. The molecule has 1 unspecified atom stereocenters. The zero-order chi connectivity index (χ0) is 14.3. The Balaban J connectivity index is 2.45. The molecular formula is C14H27N3OS. The molecule has 0 aromatic carbocycles. The number of thiazole rings is 1. The fourth-order valence-corrected chi connectivity index (χ4v) is 2.88. The molecule has 0 aliphatic heterocycles. The van der Waals surface area contributed by atoms with Crippen LogP contribution in [0.25, 0.3) is 0 Å². The Kier molecular flexibility index (Phi) is 6.93. The van der Waals surface area contributed by atoms with E-state index in [9.17, 15) is 0 Å².